The number of nitro benzene ring substituents is 1. The molecule has 0 spiro atoms. The van der Waals surface area contributed by atoms with Crippen molar-refractivity contribution in [1.82, 2.24) is 4.57 Å². The Kier molecular flexibility index (Phi) is 2.87. The number of aromatic nitrogens is 1. The fraction of sp³-hybridized carbons (Fsp3) is 0. The molecule has 0 amide bonds. The van der Waals surface area contributed by atoms with Crippen LogP contribution >= 0.6 is 0 Å². The van der Waals surface area contributed by atoms with Gasteiger partial charge in [-0.1, -0.05) is 5.16 Å². The molecule has 0 bridgehead atoms. The maximum absolute atomic E-state index is 10.5. The van der Waals surface area contributed by atoms with Crippen molar-refractivity contribution in [3.05, 3.63) is 58.4 Å². The van der Waals surface area contributed by atoms with E-state index in [1.807, 2.05) is 0 Å². The van der Waals surface area contributed by atoms with Gasteiger partial charge in [0.05, 0.1) is 16.8 Å². The molecule has 0 unspecified atom stereocenters. The van der Waals surface area contributed by atoms with Crippen LogP contribution in [0.3, 0.4) is 0 Å². The lowest BCUT2D eigenvalue weighted by Crippen LogP contribution is -1.98. The molecule has 17 heavy (non-hydrogen) atoms. The third-order valence-electron chi connectivity index (χ3n) is 2.31. The van der Waals surface area contributed by atoms with E-state index in [2.05, 4.69) is 5.16 Å². The van der Waals surface area contributed by atoms with Crippen molar-refractivity contribution in [2.45, 2.75) is 0 Å². The number of rotatable bonds is 3. The molecule has 0 radical (unpaired) electrons. The monoisotopic (exact) mass is 231 g/mol. The van der Waals surface area contributed by atoms with Gasteiger partial charge in [-0.3, -0.25) is 10.1 Å². The summed E-state index contributed by atoms with van der Waals surface area (Å²) >= 11 is 0. The number of non-ortho nitro benzene ring substituents is 1. The molecule has 1 aromatic carbocycles. The first-order valence-corrected chi connectivity index (χ1v) is 4.82. The molecule has 1 heterocycles. The smallest absolute Gasteiger partial charge is 0.269 e. The normalized spacial score (nSPS) is 10.8. The van der Waals surface area contributed by atoms with Crippen LogP contribution in [-0.2, 0) is 0 Å². The van der Waals surface area contributed by atoms with Gasteiger partial charge in [0, 0.05) is 24.0 Å². The predicted molar refractivity (Wildman–Crippen MR) is 61.8 cm³/mol. The van der Waals surface area contributed by atoms with Crippen molar-refractivity contribution < 1.29 is 10.1 Å². The highest BCUT2D eigenvalue weighted by atomic mass is 16.6. The van der Waals surface area contributed by atoms with Crippen LogP contribution < -0.4 is 0 Å². The molecule has 86 valence electrons. The fourth-order valence-corrected chi connectivity index (χ4v) is 1.53. The summed E-state index contributed by atoms with van der Waals surface area (Å²) in [7, 11) is 0. The van der Waals surface area contributed by atoms with Gasteiger partial charge in [-0.15, -0.1) is 0 Å². The van der Waals surface area contributed by atoms with Crippen LogP contribution in [0, 0.1) is 10.1 Å². The Bertz CT molecular complexity index is 558. The summed E-state index contributed by atoms with van der Waals surface area (Å²) in [5.74, 6) is 0. The SMILES string of the molecule is O=[N+]([O-])c1ccc(-n2cccc2C=NO)cc1. The van der Waals surface area contributed by atoms with Crippen molar-refractivity contribution in [3.8, 4) is 5.69 Å². The number of oxime groups is 1. The fourth-order valence-electron chi connectivity index (χ4n) is 1.53. The van der Waals surface area contributed by atoms with Crippen LogP contribution in [0.4, 0.5) is 5.69 Å². The lowest BCUT2D eigenvalue weighted by Gasteiger charge is -2.05. The highest BCUT2D eigenvalue weighted by Gasteiger charge is 2.06. The Hall–Kier alpha value is -2.63. The van der Waals surface area contributed by atoms with Gasteiger partial charge in [-0.2, -0.15) is 0 Å². The first-order chi connectivity index (χ1) is 8.22. The second kappa shape index (κ2) is 4.48. The minimum absolute atomic E-state index is 0.0401. The summed E-state index contributed by atoms with van der Waals surface area (Å²) in [4.78, 5) is 10.1. The van der Waals surface area contributed by atoms with Crippen LogP contribution in [0.25, 0.3) is 5.69 Å². The van der Waals surface area contributed by atoms with Crippen molar-refractivity contribution in [3.63, 3.8) is 0 Å². The molecule has 0 aliphatic rings. The van der Waals surface area contributed by atoms with E-state index in [-0.39, 0.29) is 5.69 Å². The zero-order chi connectivity index (χ0) is 12.3. The zero-order valence-corrected chi connectivity index (χ0v) is 8.72. The first kappa shape index (κ1) is 10.9. The number of benzene rings is 1. The average Bonchev–Trinajstić information content (AvgIpc) is 2.78. The molecule has 6 heteroatoms. The van der Waals surface area contributed by atoms with Crippen LogP contribution in [0.2, 0.25) is 0 Å². The Morgan fingerprint density at radius 1 is 1.29 bits per heavy atom. The summed E-state index contributed by atoms with van der Waals surface area (Å²) in [6, 6.07) is 9.67. The Morgan fingerprint density at radius 3 is 2.59 bits per heavy atom. The van der Waals surface area contributed by atoms with Crippen molar-refractivity contribution >= 4 is 11.9 Å². The third kappa shape index (κ3) is 2.15. The van der Waals surface area contributed by atoms with E-state index in [9.17, 15) is 10.1 Å². The lowest BCUT2D eigenvalue weighted by molar-refractivity contribution is -0.384. The number of nitro groups is 1. The van der Waals surface area contributed by atoms with Gasteiger partial charge >= 0.3 is 0 Å². The maximum Gasteiger partial charge on any atom is 0.269 e. The minimum Gasteiger partial charge on any atom is -0.411 e. The number of hydrogen-bond donors (Lipinski definition) is 1. The van der Waals surface area contributed by atoms with Gasteiger partial charge in [0.1, 0.15) is 0 Å². The lowest BCUT2D eigenvalue weighted by atomic mass is 10.3. The average molecular weight is 231 g/mol. The van der Waals surface area contributed by atoms with Gasteiger partial charge in [0.15, 0.2) is 0 Å². The first-order valence-electron chi connectivity index (χ1n) is 4.82. The van der Waals surface area contributed by atoms with Crippen LogP contribution in [0.15, 0.2) is 47.8 Å². The third-order valence-corrected chi connectivity index (χ3v) is 2.31. The van der Waals surface area contributed by atoms with Gasteiger partial charge in [0.2, 0.25) is 0 Å². The van der Waals surface area contributed by atoms with Gasteiger partial charge in [-0.25, -0.2) is 0 Å². The van der Waals surface area contributed by atoms with Gasteiger partial charge in [0.25, 0.3) is 5.69 Å². The molecule has 2 rings (SSSR count). The van der Waals surface area contributed by atoms with Crippen molar-refractivity contribution in [2.24, 2.45) is 5.16 Å². The Morgan fingerprint density at radius 2 is 2.00 bits per heavy atom. The molecule has 0 aliphatic heterocycles. The number of nitrogens with zero attached hydrogens (tertiary/aromatic N) is 3. The summed E-state index contributed by atoms with van der Waals surface area (Å²) < 4.78 is 1.75. The minimum atomic E-state index is -0.449. The van der Waals surface area contributed by atoms with E-state index in [1.54, 1.807) is 35.0 Å². The molecule has 0 atom stereocenters. The van der Waals surface area contributed by atoms with E-state index >= 15 is 0 Å². The second-order valence-electron chi connectivity index (χ2n) is 3.32. The Labute approximate surface area is 96.6 Å². The quantitative estimate of drug-likeness (QED) is 0.380. The van der Waals surface area contributed by atoms with Crippen LogP contribution in [-0.4, -0.2) is 20.9 Å². The zero-order valence-electron chi connectivity index (χ0n) is 8.72. The molecule has 0 aliphatic carbocycles. The maximum atomic E-state index is 10.5. The van der Waals surface area contributed by atoms with Gasteiger partial charge in [-0.05, 0) is 24.3 Å². The molecular formula is C11H9N3O3. The Balaban J connectivity index is 2.39. The summed E-state index contributed by atoms with van der Waals surface area (Å²) in [5.41, 5.74) is 1.48. The van der Waals surface area contributed by atoms with E-state index in [0.717, 1.165) is 5.69 Å². The van der Waals surface area contributed by atoms with E-state index < -0.39 is 4.92 Å². The van der Waals surface area contributed by atoms with Crippen molar-refractivity contribution in [2.75, 3.05) is 0 Å². The molecule has 0 fully saturated rings. The predicted octanol–water partition coefficient (Wildman–Crippen LogP) is 2.19. The van der Waals surface area contributed by atoms with E-state index in [1.165, 1.54) is 18.3 Å². The largest absolute Gasteiger partial charge is 0.411 e. The highest BCUT2D eigenvalue weighted by molar-refractivity contribution is 5.78. The molecule has 6 nitrogen and oxygen atoms in total. The van der Waals surface area contributed by atoms with Crippen molar-refractivity contribution in [1.29, 1.82) is 0 Å². The van der Waals surface area contributed by atoms with Gasteiger partial charge < -0.3 is 9.77 Å². The summed E-state index contributed by atoms with van der Waals surface area (Å²) in [5, 5.41) is 22.0. The second-order valence-corrected chi connectivity index (χ2v) is 3.32. The molecule has 2 aromatic rings. The highest BCUT2D eigenvalue weighted by Crippen LogP contribution is 2.16. The topological polar surface area (TPSA) is 80.7 Å². The molecule has 0 saturated heterocycles. The van der Waals surface area contributed by atoms with E-state index in [0.29, 0.717) is 5.69 Å². The molecular weight excluding hydrogens is 222 g/mol. The summed E-state index contributed by atoms with van der Waals surface area (Å²) in [6.45, 7) is 0. The van der Waals surface area contributed by atoms with Crippen LogP contribution in [0.5, 0.6) is 0 Å². The van der Waals surface area contributed by atoms with Crippen LogP contribution in [0.1, 0.15) is 5.69 Å². The standard InChI is InChI=1S/C11H9N3O3/c15-12-8-11-2-1-7-13(11)9-3-5-10(6-4-9)14(16)17/h1-8,15H. The number of hydrogen-bond acceptors (Lipinski definition) is 4. The summed E-state index contributed by atoms with van der Waals surface area (Å²) in [6.07, 6.45) is 3.07. The molecule has 0 saturated carbocycles. The molecule has 1 aromatic heterocycles. The molecule has 1 N–H and O–H groups in total. The van der Waals surface area contributed by atoms with E-state index in [4.69, 9.17) is 5.21 Å².